The van der Waals surface area contributed by atoms with Gasteiger partial charge < -0.3 is 24.6 Å². The van der Waals surface area contributed by atoms with Gasteiger partial charge in [0.15, 0.2) is 6.29 Å². The zero-order valence-electron chi connectivity index (χ0n) is 21.5. The number of amides is 1. The van der Waals surface area contributed by atoms with Crippen LogP contribution < -0.4 is 5.32 Å². The molecule has 9 nitrogen and oxygen atoms in total. The molecule has 2 aromatic carbocycles. The van der Waals surface area contributed by atoms with E-state index in [2.05, 4.69) is 5.32 Å². The van der Waals surface area contributed by atoms with Crippen molar-refractivity contribution in [1.29, 1.82) is 0 Å². The molecule has 5 atom stereocenters. The summed E-state index contributed by atoms with van der Waals surface area (Å²) in [5.74, 6) is -0.0250. The van der Waals surface area contributed by atoms with E-state index in [-0.39, 0.29) is 49.1 Å². The van der Waals surface area contributed by atoms with Crippen LogP contribution in [-0.4, -0.2) is 74.8 Å². The predicted molar refractivity (Wildman–Crippen MR) is 142 cm³/mol. The highest BCUT2D eigenvalue weighted by atomic mass is 35.5. The van der Waals surface area contributed by atoms with Crippen LogP contribution in [0.4, 0.5) is 4.79 Å². The summed E-state index contributed by atoms with van der Waals surface area (Å²) in [5, 5.41) is 14.5. The van der Waals surface area contributed by atoms with Crippen molar-refractivity contribution in [3.8, 4) is 0 Å². The molecule has 0 radical (unpaired) electrons. The van der Waals surface area contributed by atoms with Gasteiger partial charge in [0, 0.05) is 18.1 Å². The van der Waals surface area contributed by atoms with Gasteiger partial charge in [0.1, 0.15) is 6.10 Å². The molecule has 2 aliphatic rings. The minimum absolute atomic E-state index is 0.00119. The molecule has 2 aliphatic heterocycles. The monoisotopic (exact) mass is 566 g/mol. The number of carbonyl (C=O) groups is 1. The zero-order chi connectivity index (χ0) is 27.3. The van der Waals surface area contributed by atoms with Crippen molar-refractivity contribution in [2.45, 2.75) is 56.1 Å². The van der Waals surface area contributed by atoms with Gasteiger partial charge in [-0.3, -0.25) is 0 Å². The standard InChI is InChI=1S/C27H35ClN2O7S/c1-18(2)15-30(38(33,34)21-10-8-20(28)9-11-21)16-24(31)23(14-19-6-4-3-5-7-19)29-27(32)37-25-17-36-26-22(25)12-13-35-26/h3-11,18,22-26,31H,12-17H2,1-2H3,(H,29,32)/t22-,23-,24+,25-,26+/m0/s1. The summed E-state index contributed by atoms with van der Waals surface area (Å²) in [5.41, 5.74) is 0.876. The second-order valence-electron chi connectivity index (χ2n) is 10.1. The van der Waals surface area contributed by atoms with E-state index >= 15 is 0 Å². The second-order valence-corrected chi connectivity index (χ2v) is 12.5. The van der Waals surface area contributed by atoms with Gasteiger partial charge in [0.2, 0.25) is 10.0 Å². The molecule has 2 heterocycles. The Kier molecular flexibility index (Phi) is 9.67. The van der Waals surface area contributed by atoms with E-state index in [0.29, 0.717) is 11.6 Å². The number of aliphatic hydroxyl groups is 1. The fraction of sp³-hybridized carbons (Fsp3) is 0.519. The summed E-state index contributed by atoms with van der Waals surface area (Å²) >= 11 is 5.95. The Bertz CT molecular complexity index is 1160. The normalized spacial score (nSPS) is 22.8. The van der Waals surface area contributed by atoms with E-state index in [9.17, 15) is 18.3 Å². The maximum absolute atomic E-state index is 13.5. The van der Waals surface area contributed by atoms with Crippen LogP contribution in [0, 0.1) is 11.8 Å². The average molecular weight is 567 g/mol. The number of halogens is 1. The minimum atomic E-state index is -3.93. The van der Waals surface area contributed by atoms with E-state index in [4.69, 9.17) is 25.8 Å². The molecule has 208 valence electrons. The molecule has 4 rings (SSSR count). The number of fused-ring (bicyclic) bond motifs is 1. The summed E-state index contributed by atoms with van der Waals surface area (Å²) in [6.45, 7) is 4.57. The number of alkyl carbamates (subject to hydrolysis) is 1. The zero-order valence-corrected chi connectivity index (χ0v) is 23.1. The Morgan fingerprint density at radius 1 is 1.13 bits per heavy atom. The van der Waals surface area contributed by atoms with Gasteiger partial charge in [-0.05, 0) is 48.6 Å². The first kappa shape index (κ1) is 28.8. The third kappa shape index (κ3) is 7.25. The quantitative estimate of drug-likeness (QED) is 0.428. The molecule has 0 aromatic heterocycles. The molecule has 0 saturated carbocycles. The van der Waals surface area contributed by atoms with Gasteiger partial charge in [0.25, 0.3) is 0 Å². The van der Waals surface area contributed by atoms with Gasteiger partial charge in [-0.1, -0.05) is 55.8 Å². The maximum Gasteiger partial charge on any atom is 0.407 e. The van der Waals surface area contributed by atoms with Crippen LogP contribution in [0.2, 0.25) is 5.02 Å². The van der Waals surface area contributed by atoms with Crippen molar-refractivity contribution in [2.75, 3.05) is 26.3 Å². The number of ether oxygens (including phenoxy) is 3. The van der Waals surface area contributed by atoms with Crippen LogP contribution in [-0.2, 0) is 30.7 Å². The third-order valence-electron chi connectivity index (χ3n) is 6.72. The molecule has 2 aromatic rings. The van der Waals surface area contributed by atoms with E-state index in [1.54, 1.807) is 0 Å². The number of hydrogen-bond donors (Lipinski definition) is 2. The number of nitrogens with zero attached hydrogens (tertiary/aromatic N) is 1. The molecular formula is C27H35ClN2O7S. The number of benzene rings is 2. The van der Waals surface area contributed by atoms with Crippen LogP contribution >= 0.6 is 11.6 Å². The topological polar surface area (TPSA) is 114 Å². The van der Waals surface area contributed by atoms with Crippen molar-refractivity contribution in [3.05, 3.63) is 65.2 Å². The summed E-state index contributed by atoms with van der Waals surface area (Å²) in [7, 11) is -3.93. The molecule has 2 N–H and O–H groups in total. The summed E-state index contributed by atoms with van der Waals surface area (Å²) < 4.78 is 44.9. The first-order valence-electron chi connectivity index (χ1n) is 12.8. The number of aliphatic hydroxyl groups excluding tert-OH is 1. The van der Waals surface area contributed by atoms with Gasteiger partial charge in [-0.25, -0.2) is 13.2 Å². The number of carbonyl (C=O) groups excluding carboxylic acids is 1. The molecule has 0 aliphatic carbocycles. The number of hydrogen-bond acceptors (Lipinski definition) is 7. The number of nitrogens with one attached hydrogen (secondary N) is 1. The predicted octanol–water partition coefficient (Wildman–Crippen LogP) is 3.45. The van der Waals surface area contributed by atoms with Gasteiger partial charge in [-0.2, -0.15) is 4.31 Å². The Morgan fingerprint density at radius 2 is 1.84 bits per heavy atom. The van der Waals surface area contributed by atoms with Crippen molar-refractivity contribution >= 4 is 27.7 Å². The maximum atomic E-state index is 13.5. The Morgan fingerprint density at radius 3 is 2.53 bits per heavy atom. The summed E-state index contributed by atoms with van der Waals surface area (Å²) in [6, 6.07) is 14.5. The van der Waals surface area contributed by atoms with E-state index < -0.39 is 34.4 Å². The van der Waals surface area contributed by atoms with Crippen LogP contribution in [0.1, 0.15) is 25.8 Å². The summed E-state index contributed by atoms with van der Waals surface area (Å²) in [4.78, 5) is 13.0. The molecule has 2 saturated heterocycles. The molecule has 1 amide bonds. The molecule has 0 unspecified atom stereocenters. The van der Waals surface area contributed by atoms with Crippen LogP contribution in [0.25, 0.3) is 0 Å². The highest BCUT2D eigenvalue weighted by Gasteiger charge is 2.44. The fourth-order valence-corrected chi connectivity index (χ4v) is 6.54. The largest absolute Gasteiger partial charge is 0.443 e. The lowest BCUT2D eigenvalue weighted by Gasteiger charge is -2.31. The third-order valence-corrected chi connectivity index (χ3v) is 8.82. The van der Waals surface area contributed by atoms with Crippen molar-refractivity contribution in [1.82, 2.24) is 9.62 Å². The molecule has 2 fully saturated rings. The highest BCUT2D eigenvalue weighted by molar-refractivity contribution is 7.89. The van der Waals surface area contributed by atoms with Crippen molar-refractivity contribution in [3.63, 3.8) is 0 Å². The number of rotatable bonds is 11. The van der Waals surface area contributed by atoms with E-state index in [0.717, 1.165) is 12.0 Å². The summed E-state index contributed by atoms with van der Waals surface area (Å²) in [6.07, 6.45) is -1.69. The SMILES string of the molecule is CC(C)CN(C[C@@H](O)[C@H](Cc1ccccc1)NC(=O)O[C@H]1CO[C@H]2OCC[C@H]21)S(=O)(=O)c1ccc(Cl)cc1. The van der Waals surface area contributed by atoms with Crippen LogP contribution in [0.5, 0.6) is 0 Å². The van der Waals surface area contributed by atoms with E-state index in [1.165, 1.54) is 28.6 Å². The van der Waals surface area contributed by atoms with Crippen LogP contribution in [0.15, 0.2) is 59.5 Å². The molecule has 0 spiro atoms. The van der Waals surface area contributed by atoms with Crippen LogP contribution in [0.3, 0.4) is 0 Å². The Hall–Kier alpha value is -2.21. The van der Waals surface area contributed by atoms with Gasteiger partial charge in [0.05, 0.1) is 36.2 Å². The fourth-order valence-electron chi connectivity index (χ4n) is 4.79. The Labute approximate surface area is 229 Å². The first-order chi connectivity index (χ1) is 18.1. The Balaban J connectivity index is 1.51. The lowest BCUT2D eigenvalue weighted by molar-refractivity contribution is -0.0907. The molecular weight excluding hydrogens is 532 g/mol. The average Bonchev–Trinajstić information content (AvgIpc) is 3.49. The molecule has 0 bridgehead atoms. The highest BCUT2D eigenvalue weighted by Crippen LogP contribution is 2.33. The minimum Gasteiger partial charge on any atom is -0.443 e. The molecule has 38 heavy (non-hydrogen) atoms. The van der Waals surface area contributed by atoms with Gasteiger partial charge >= 0.3 is 6.09 Å². The lowest BCUT2D eigenvalue weighted by atomic mass is 10.0. The molecule has 11 heteroatoms. The van der Waals surface area contributed by atoms with Gasteiger partial charge in [-0.15, -0.1) is 0 Å². The number of sulfonamides is 1. The smallest absolute Gasteiger partial charge is 0.407 e. The van der Waals surface area contributed by atoms with E-state index in [1.807, 2.05) is 44.2 Å². The lowest BCUT2D eigenvalue weighted by Crippen LogP contribution is -2.51. The van der Waals surface area contributed by atoms with Crippen molar-refractivity contribution < 1.29 is 32.5 Å². The van der Waals surface area contributed by atoms with Crippen molar-refractivity contribution in [2.24, 2.45) is 11.8 Å². The first-order valence-corrected chi connectivity index (χ1v) is 14.6. The second kappa shape index (κ2) is 12.8.